The van der Waals surface area contributed by atoms with Gasteiger partial charge in [-0.05, 0) is 30.3 Å². The second kappa shape index (κ2) is 4.08. The van der Waals surface area contributed by atoms with Crippen molar-refractivity contribution >= 4 is 27.6 Å². The fourth-order valence-corrected chi connectivity index (χ4v) is 2.04. The molecule has 3 rings (SSSR count). The van der Waals surface area contributed by atoms with Crippen molar-refractivity contribution in [3.05, 3.63) is 67.4 Å². The molecule has 1 aromatic heterocycles. The number of hydrogen-bond acceptors (Lipinski definition) is 2. The summed E-state index contributed by atoms with van der Waals surface area (Å²) >= 11 is 0. The Morgan fingerprint density at radius 1 is 1.06 bits per heavy atom. The van der Waals surface area contributed by atoms with Crippen LogP contribution in [0.5, 0.6) is 0 Å². The van der Waals surface area contributed by atoms with Crippen LogP contribution >= 0.6 is 0 Å². The van der Waals surface area contributed by atoms with Crippen LogP contribution < -0.4 is 5.32 Å². The molecule has 1 heterocycles. The van der Waals surface area contributed by atoms with E-state index in [1.807, 2.05) is 30.3 Å². The first-order valence-corrected chi connectivity index (χ1v) is 5.77. The van der Waals surface area contributed by atoms with Crippen LogP contribution in [0.25, 0.3) is 21.9 Å². The summed E-state index contributed by atoms with van der Waals surface area (Å²) < 4.78 is 5.77. The molecule has 0 bridgehead atoms. The normalized spacial score (nSPS) is 10.7. The molecule has 0 radical (unpaired) electrons. The van der Waals surface area contributed by atoms with E-state index in [4.69, 9.17) is 4.42 Å². The summed E-state index contributed by atoms with van der Waals surface area (Å²) in [6.07, 6.45) is 1.69. The maximum Gasteiger partial charge on any atom is 0.135 e. The number of benzene rings is 2. The number of fused-ring (bicyclic) bond motifs is 3. The van der Waals surface area contributed by atoms with E-state index in [-0.39, 0.29) is 0 Å². The number of para-hydroxylation sites is 1. The molecule has 18 heavy (non-hydrogen) atoms. The second-order valence-electron chi connectivity index (χ2n) is 4.16. The van der Waals surface area contributed by atoms with Gasteiger partial charge in [0.2, 0.25) is 0 Å². The molecule has 1 N–H and O–H groups in total. The quantitative estimate of drug-likeness (QED) is 0.666. The van der Waals surface area contributed by atoms with E-state index in [2.05, 4.69) is 30.6 Å². The van der Waals surface area contributed by atoms with Crippen LogP contribution in [0.15, 0.2) is 71.8 Å². The molecule has 2 nitrogen and oxygen atoms in total. The summed E-state index contributed by atoms with van der Waals surface area (Å²) in [6.45, 7) is 7.52. The lowest BCUT2D eigenvalue weighted by Gasteiger charge is -2.04. The largest absolute Gasteiger partial charge is 0.456 e. The predicted octanol–water partition coefficient (Wildman–Crippen LogP) is 4.70. The summed E-state index contributed by atoms with van der Waals surface area (Å²) in [7, 11) is 0. The van der Waals surface area contributed by atoms with Gasteiger partial charge in [-0.15, -0.1) is 0 Å². The fourth-order valence-electron chi connectivity index (χ4n) is 2.04. The third-order valence-electron chi connectivity index (χ3n) is 2.93. The Morgan fingerprint density at radius 3 is 2.67 bits per heavy atom. The zero-order valence-electron chi connectivity index (χ0n) is 9.94. The number of rotatable bonds is 3. The van der Waals surface area contributed by atoms with Gasteiger partial charge < -0.3 is 9.73 Å². The monoisotopic (exact) mass is 235 g/mol. The van der Waals surface area contributed by atoms with Gasteiger partial charge in [0, 0.05) is 22.2 Å². The van der Waals surface area contributed by atoms with Gasteiger partial charge in [0.15, 0.2) is 0 Å². The third-order valence-corrected chi connectivity index (χ3v) is 2.93. The van der Waals surface area contributed by atoms with E-state index >= 15 is 0 Å². The van der Waals surface area contributed by atoms with Crippen LogP contribution in [0.2, 0.25) is 0 Å². The van der Waals surface area contributed by atoms with Gasteiger partial charge in [0.1, 0.15) is 11.2 Å². The minimum Gasteiger partial charge on any atom is -0.456 e. The minimum absolute atomic E-state index is 0.780. The first-order chi connectivity index (χ1) is 8.78. The van der Waals surface area contributed by atoms with Gasteiger partial charge in [-0.25, -0.2) is 0 Å². The molecular formula is C16H13NO. The summed E-state index contributed by atoms with van der Waals surface area (Å²) in [6, 6.07) is 14.0. The summed E-state index contributed by atoms with van der Waals surface area (Å²) in [4.78, 5) is 0. The number of furan rings is 1. The lowest BCUT2D eigenvalue weighted by Crippen LogP contribution is -1.93. The van der Waals surface area contributed by atoms with Gasteiger partial charge in [-0.1, -0.05) is 31.4 Å². The minimum atomic E-state index is 0.780. The van der Waals surface area contributed by atoms with E-state index in [1.54, 1.807) is 6.08 Å². The van der Waals surface area contributed by atoms with Crippen molar-refractivity contribution in [1.82, 2.24) is 0 Å². The smallest absolute Gasteiger partial charge is 0.135 e. The molecule has 0 spiro atoms. The van der Waals surface area contributed by atoms with Crippen LogP contribution in [-0.4, -0.2) is 0 Å². The van der Waals surface area contributed by atoms with Crippen LogP contribution in [0.1, 0.15) is 0 Å². The van der Waals surface area contributed by atoms with Gasteiger partial charge in [0.25, 0.3) is 0 Å². The topological polar surface area (TPSA) is 25.2 Å². The van der Waals surface area contributed by atoms with Crippen molar-refractivity contribution in [2.45, 2.75) is 0 Å². The molecule has 0 aliphatic rings. The molecule has 0 atom stereocenters. The Labute approximate surface area is 105 Å². The van der Waals surface area contributed by atoms with Crippen molar-refractivity contribution in [3.63, 3.8) is 0 Å². The maximum absolute atomic E-state index is 5.77. The highest BCUT2D eigenvalue weighted by molar-refractivity contribution is 6.05. The Morgan fingerprint density at radius 2 is 1.83 bits per heavy atom. The average molecular weight is 235 g/mol. The Kier molecular flexibility index (Phi) is 2.41. The summed E-state index contributed by atoms with van der Waals surface area (Å²) in [5.74, 6) is 0. The van der Waals surface area contributed by atoms with Gasteiger partial charge in [-0.2, -0.15) is 0 Å². The standard InChI is InChI=1S/C16H13NO/c1-3-11(2)17-12-8-9-16-14(10-12)13-6-4-5-7-15(13)18-16/h3-10,17H,1-2H2. The fraction of sp³-hybridized carbons (Fsp3) is 0. The van der Waals surface area contributed by atoms with Crippen LogP contribution in [0.4, 0.5) is 5.69 Å². The lowest BCUT2D eigenvalue weighted by atomic mass is 10.1. The third kappa shape index (κ3) is 1.68. The first kappa shape index (κ1) is 10.7. The number of allylic oxidation sites excluding steroid dienone is 1. The average Bonchev–Trinajstić information content (AvgIpc) is 2.77. The Hall–Kier alpha value is -2.48. The maximum atomic E-state index is 5.77. The molecule has 2 aromatic carbocycles. The molecule has 0 unspecified atom stereocenters. The molecule has 0 fully saturated rings. The number of nitrogens with one attached hydrogen (secondary N) is 1. The van der Waals surface area contributed by atoms with E-state index in [9.17, 15) is 0 Å². The molecule has 0 amide bonds. The Balaban J connectivity index is 2.18. The number of anilines is 1. The van der Waals surface area contributed by atoms with E-state index < -0.39 is 0 Å². The SMILES string of the molecule is C=CC(=C)Nc1ccc2oc3ccccc3c2c1. The Bertz CT molecular complexity index is 752. The highest BCUT2D eigenvalue weighted by Gasteiger charge is 2.06. The molecule has 0 aliphatic heterocycles. The van der Waals surface area contributed by atoms with Crippen molar-refractivity contribution in [2.24, 2.45) is 0 Å². The first-order valence-electron chi connectivity index (χ1n) is 5.77. The highest BCUT2D eigenvalue weighted by Crippen LogP contribution is 2.30. The van der Waals surface area contributed by atoms with Crippen LogP contribution in [0.3, 0.4) is 0 Å². The van der Waals surface area contributed by atoms with Crippen molar-refractivity contribution in [3.8, 4) is 0 Å². The summed E-state index contributed by atoms with van der Waals surface area (Å²) in [5.41, 5.74) is 3.57. The van der Waals surface area contributed by atoms with Crippen molar-refractivity contribution in [2.75, 3.05) is 5.32 Å². The molecule has 88 valence electrons. The van der Waals surface area contributed by atoms with Crippen LogP contribution in [-0.2, 0) is 0 Å². The predicted molar refractivity (Wildman–Crippen MR) is 76.7 cm³/mol. The second-order valence-corrected chi connectivity index (χ2v) is 4.16. The molecule has 3 aromatic rings. The zero-order valence-corrected chi connectivity index (χ0v) is 9.94. The lowest BCUT2D eigenvalue weighted by molar-refractivity contribution is 0.669. The van der Waals surface area contributed by atoms with E-state index in [1.165, 1.54) is 0 Å². The van der Waals surface area contributed by atoms with Gasteiger partial charge in [-0.3, -0.25) is 0 Å². The van der Waals surface area contributed by atoms with Crippen LogP contribution in [0, 0.1) is 0 Å². The van der Waals surface area contributed by atoms with Gasteiger partial charge >= 0.3 is 0 Å². The molecule has 0 aliphatic carbocycles. The van der Waals surface area contributed by atoms with Crippen molar-refractivity contribution in [1.29, 1.82) is 0 Å². The molecule has 2 heteroatoms. The highest BCUT2D eigenvalue weighted by atomic mass is 16.3. The molecule has 0 saturated carbocycles. The molecular weight excluding hydrogens is 222 g/mol. The van der Waals surface area contributed by atoms with E-state index in [0.717, 1.165) is 33.3 Å². The van der Waals surface area contributed by atoms with Crippen molar-refractivity contribution < 1.29 is 4.42 Å². The van der Waals surface area contributed by atoms with Gasteiger partial charge in [0.05, 0.1) is 0 Å². The van der Waals surface area contributed by atoms with E-state index in [0.29, 0.717) is 0 Å². The summed E-state index contributed by atoms with van der Waals surface area (Å²) in [5, 5.41) is 5.41. The molecule has 0 saturated heterocycles. The number of hydrogen-bond donors (Lipinski definition) is 1. The zero-order chi connectivity index (χ0) is 12.5.